The van der Waals surface area contributed by atoms with Crippen LogP contribution in [-0.2, 0) is 11.2 Å². The second-order valence-electron chi connectivity index (χ2n) is 6.16. The minimum atomic E-state index is -0.264. The van der Waals surface area contributed by atoms with Crippen LogP contribution in [0.4, 0.5) is 0 Å². The van der Waals surface area contributed by atoms with Crippen molar-refractivity contribution < 1.29 is 14.3 Å². The molecule has 2 aromatic carbocycles. The summed E-state index contributed by atoms with van der Waals surface area (Å²) < 4.78 is 10.8. The second-order valence-corrected chi connectivity index (χ2v) is 6.16. The van der Waals surface area contributed by atoms with Gasteiger partial charge < -0.3 is 9.47 Å². The average molecular weight is 352 g/mol. The number of benzene rings is 2. The van der Waals surface area contributed by atoms with Crippen LogP contribution in [-0.4, -0.2) is 25.6 Å². The third-order valence-electron chi connectivity index (χ3n) is 4.44. The molecule has 0 saturated carbocycles. The van der Waals surface area contributed by atoms with Gasteiger partial charge in [-0.15, -0.1) is 0 Å². The van der Waals surface area contributed by atoms with E-state index in [2.05, 4.69) is 23.5 Å². The zero-order chi connectivity index (χ0) is 18.4. The highest BCUT2D eigenvalue weighted by molar-refractivity contribution is 6.04. The van der Waals surface area contributed by atoms with E-state index >= 15 is 0 Å². The van der Waals surface area contributed by atoms with E-state index in [1.54, 1.807) is 31.4 Å². The first-order valence-corrected chi connectivity index (χ1v) is 8.95. The molecule has 3 rings (SSSR count). The Balaban J connectivity index is 1.81. The lowest BCUT2D eigenvalue weighted by atomic mass is 9.88. The first-order chi connectivity index (χ1) is 12.7. The van der Waals surface area contributed by atoms with Crippen molar-refractivity contribution in [1.82, 2.24) is 5.32 Å². The molecule has 136 valence electrons. The molecule has 26 heavy (non-hydrogen) atoms. The maximum absolute atomic E-state index is 12.6. The number of hydrogen-bond donors (Lipinski definition) is 1. The molecular formula is C21H24N2O3. The second kappa shape index (κ2) is 8.52. The molecule has 1 N–H and O–H groups in total. The quantitative estimate of drug-likeness (QED) is 0.671. The van der Waals surface area contributed by atoms with Crippen LogP contribution in [0.25, 0.3) is 0 Å². The summed E-state index contributed by atoms with van der Waals surface area (Å²) in [5, 5.41) is 2.80. The normalized spacial score (nSPS) is 16.5. The molecule has 0 spiro atoms. The van der Waals surface area contributed by atoms with Crippen molar-refractivity contribution >= 4 is 11.9 Å². The summed E-state index contributed by atoms with van der Waals surface area (Å²) in [5.41, 5.74) is 3.04. The van der Waals surface area contributed by atoms with Crippen molar-refractivity contribution in [3.63, 3.8) is 0 Å². The SMILES string of the molecule is CCOC(=NC1CCCc2ccccc21)NC(=O)c1cccc(OC)c1. The molecule has 0 aliphatic heterocycles. The highest BCUT2D eigenvalue weighted by atomic mass is 16.5. The summed E-state index contributed by atoms with van der Waals surface area (Å²) in [4.78, 5) is 17.3. The number of hydrogen-bond acceptors (Lipinski definition) is 4. The zero-order valence-corrected chi connectivity index (χ0v) is 15.2. The Bertz CT molecular complexity index is 801. The highest BCUT2D eigenvalue weighted by Gasteiger charge is 2.21. The maximum Gasteiger partial charge on any atom is 0.292 e. The molecule has 0 saturated heterocycles. The summed E-state index contributed by atoms with van der Waals surface area (Å²) in [6.07, 6.45) is 3.10. The van der Waals surface area contributed by atoms with E-state index in [1.165, 1.54) is 11.1 Å². The Morgan fingerprint density at radius 3 is 2.88 bits per heavy atom. The Labute approximate surface area is 154 Å². The number of carbonyl (C=O) groups excluding carboxylic acids is 1. The van der Waals surface area contributed by atoms with Gasteiger partial charge in [0.25, 0.3) is 11.9 Å². The van der Waals surface area contributed by atoms with Crippen LogP contribution in [0.2, 0.25) is 0 Å². The Morgan fingerprint density at radius 2 is 2.08 bits per heavy atom. The summed E-state index contributed by atoms with van der Waals surface area (Å²) in [7, 11) is 1.57. The number of rotatable bonds is 4. The minimum Gasteiger partial charge on any atom is -0.497 e. The van der Waals surface area contributed by atoms with Gasteiger partial charge in [-0.05, 0) is 55.5 Å². The molecule has 2 aromatic rings. The van der Waals surface area contributed by atoms with Crippen LogP contribution >= 0.6 is 0 Å². The van der Waals surface area contributed by atoms with Crippen molar-refractivity contribution in [3.8, 4) is 5.75 Å². The Morgan fingerprint density at radius 1 is 1.23 bits per heavy atom. The number of nitrogens with zero attached hydrogens (tertiary/aromatic N) is 1. The zero-order valence-electron chi connectivity index (χ0n) is 15.2. The van der Waals surface area contributed by atoms with Crippen LogP contribution in [0.5, 0.6) is 5.75 Å². The first kappa shape index (κ1) is 18.0. The van der Waals surface area contributed by atoms with Gasteiger partial charge in [0.2, 0.25) is 0 Å². The summed E-state index contributed by atoms with van der Waals surface area (Å²) in [6, 6.07) is 15.6. The summed E-state index contributed by atoms with van der Waals surface area (Å²) in [6.45, 7) is 2.31. The highest BCUT2D eigenvalue weighted by Crippen LogP contribution is 2.32. The third-order valence-corrected chi connectivity index (χ3v) is 4.44. The van der Waals surface area contributed by atoms with Gasteiger partial charge in [0.05, 0.1) is 19.8 Å². The number of amidine groups is 1. The Hall–Kier alpha value is -2.82. The lowest BCUT2D eigenvalue weighted by Crippen LogP contribution is -2.33. The molecule has 5 heteroatoms. The fourth-order valence-electron chi connectivity index (χ4n) is 3.18. The molecule has 1 amide bonds. The molecule has 0 heterocycles. The standard InChI is InChI=1S/C21H24N2O3/c1-3-26-21(23-20(24)16-10-6-11-17(14-16)25-2)22-19-13-7-9-15-8-4-5-12-18(15)19/h4-6,8,10-12,14,19H,3,7,9,13H2,1-2H3,(H,22,23,24). The van der Waals surface area contributed by atoms with E-state index in [0.717, 1.165) is 19.3 Å². The largest absolute Gasteiger partial charge is 0.497 e. The van der Waals surface area contributed by atoms with Crippen molar-refractivity contribution in [2.75, 3.05) is 13.7 Å². The fraction of sp³-hybridized carbons (Fsp3) is 0.333. The average Bonchev–Trinajstić information content (AvgIpc) is 2.68. The molecule has 0 bridgehead atoms. The van der Waals surface area contributed by atoms with Crippen LogP contribution < -0.4 is 10.1 Å². The number of amides is 1. The number of aryl methyl sites for hydroxylation is 1. The molecule has 1 aliphatic rings. The topological polar surface area (TPSA) is 59.9 Å². The molecule has 1 atom stereocenters. The summed E-state index contributed by atoms with van der Waals surface area (Å²) in [5.74, 6) is 0.369. The van der Waals surface area contributed by atoms with E-state index in [4.69, 9.17) is 14.5 Å². The monoisotopic (exact) mass is 352 g/mol. The van der Waals surface area contributed by atoms with E-state index in [9.17, 15) is 4.79 Å². The van der Waals surface area contributed by atoms with Gasteiger partial charge in [0.15, 0.2) is 0 Å². The predicted octanol–water partition coefficient (Wildman–Crippen LogP) is 3.90. The van der Waals surface area contributed by atoms with Crippen LogP contribution in [0, 0.1) is 0 Å². The molecule has 1 aliphatic carbocycles. The molecule has 5 nitrogen and oxygen atoms in total. The number of nitrogens with one attached hydrogen (secondary N) is 1. The molecular weight excluding hydrogens is 328 g/mol. The van der Waals surface area contributed by atoms with Crippen molar-refractivity contribution in [2.24, 2.45) is 4.99 Å². The first-order valence-electron chi connectivity index (χ1n) is 8.95. The number of carbonyl (C=O) groups is 1. The fourth-order valence-corrected chi connectivity index (χ4v) is 3.18. The van der Waals surface area contributed by atoms with Crippen LogP contribution in [0.3, 0.4) is 0 Å². The van der Waals surface area contributed by atoms with E-state index in [-0.39, 0.29) is 18.0 Å². The lowest BCUT2D eigenvalue weighted by Gasteiger charge is -2.23. The smallest absolute Gasteiger partial charge is 0.292 e. The van der Waals surface area contributed by atoms with Gasteiger partial charge in [-0.3, -0.25) is 10.1 Å². The molecule has 0 fully saturated rings. The third kappa shape index (κ3) is 4.23. The number of fused-ring (bicyclic) bond motifs is 1. The molecule has 0 aromatic heterocycles. The summed E-state index contributed by atoms with van der Waals surface area (Å²) >= 11 is 0. The Kier molecular flexibility index (Phi) is 5.89. The van der Waals surface area contributed by atoms with Crippen LogP contribution in [0.1, 0.15) is 47.3 Å². The van der Waals surface area contributed by atoms with E-state index < -0.39 is 0 Å². The van der Waals surface area contributed by atoms with Crippen LogP contribution in [0.15, 0.2) is 53.5 Å². The molecule has 1 unspecified atom stereocenters. The van der Waals surface area contributed by atoms with Gasteiger partial charge in [0.1, 0.15) is 5.75 Å². The van der Waals surface area contributed by atoms with E-state index in [0.29, 0.717) is 17.9 Å². The van der Waals surface area contributed by atoms with Crippen molar-refractivity contribution in [1.29, 1.82) is 0 Å². The number of methoxy groups -OCH3 is 1. The van der Waals surface area contributed by atoms with E-state index in [1.807, 2.05) is 13.0 Å². The van der Waals surface area contributed by atoms with Gasteiger partial charge >= 0.3 is 0 Å². The minimum absolute atomic E-state index is 0.00658. The lowest BCUT2D eigenvalue weighted by molar-refractivity contribution is 0.0965. The van der Waals surface area contributed by atoms with Crippen molar-refractivity contribution in [2.45, 2.75) is 32.2 Å². The van der Waals surface area contributed by atoms with Gasteiger partial charge in [-0.2, -0.15) is 0 Å². The van der Waals surface area contributed by atoms with Gasteiger partial charge in [0, 0.05) is 5.56 Å². The predicted molar refractivity (Wildman–Crippen MR) is 102 cm³/mol. The number of ether oxygens (including phenoxy) is 2. The van der Waals surface area contributed by atoms with Gasteiger partial charge in [-0.25, -0.2) is 4.99 Å². The maximum atomic E-state index is 12.6. The van der Waals surface area contributed by atoms with Crippen molar-refractivity contribution in [3.05, 3.63) is 65.2 Å². The van der Waals surface area contributed by atoms with Gasteiger partial charge in [-0.1, -0.05) is 30.3 Å². The molecule has 0 radical (unpaired) electrons. The number of aliphatic imine (C=N–C) groups is 1.